The minimum Gasteiger partial charge on any atom is -0.482 e. The number of esters is 2. The number of hydrogen-bond acceptors (Lipinski definition) is 8. The Morgan fingerprint density at radius 1 is 1.16 bits per heavy atom. The highest BCUT2D eigenvalue weighted by molar-refractivity contribution is 8.26. The first-order valence-corrected chi connectivity index (χ1v) is 8.29. The fraction of sp³-hybridized carbons (Fsp3) is 0.250. The van der Waals surface area contributed by atoms with Crippen molar-refractivity contribution in [3.63, 3.8) is 0 Å². The Kier molecular flexibility index (Phi) is 6.54. The van der Waals surface area contributed by atoms with E-state index in [2.05, 4.69) is 9.47 Å². The quantitative estimate of drug-likeness (QED) is 0.418. The molecule has 1 fully saturated rings. The molecule has 1 aliphatic heterocycles. The van der Waals surface area contributed by atoms with Gasteiger partial charge in [-0.3, -0.25) is 14.5 Å². The van der Waals surface area contributed by atoms with Crippen LogP contribution >= 0.6 is 24.0 Å². The van der Waals surface area contributed by atoms with E-state index in [-0.39, 0.29) is 19.1 Å². The van der Waals surface area contributed by atoms with Gasteiger partial charge in [0.05, 0.1) is 19.1 Å². The molecular formula is C16H15NO6S2. The van der Waals surface area contributed by atoms with Gasteiger partial charge >= 0.3 is 11.9 Å². The molecule has 0 unspecified atom stereocenters. The summed E-state index contributed by atoms with van der Waals surface area (Å²) in [5.74, 6) is -0.852. The molecular weight excluding hydrogens is 366 g/mol. The van der Waals surface area contributed by atoms with Gasteiger partial charge in [-0.1, -0.05) is 36.1 Å². The summed E-state index contributed by atoms with van der Waals surface area (Å²) in [4.78, 5) is 36.3. The van der Waals surface area contributed by atoms with E-state index in [1.54, 1.807) is 30.3 Å². The van der Waals surface area contributed by atoms with Gasteiger partial charge in [-0.05, 0) is 23.8 Å². The van der Waals surface area contributed by atoms with Crippen LogP contribution < -0.4 is 4.74 Å². The van der Waals surface area contributed by atoms with Crippen molar-refractivity contribution in [1.29, 1.82) is 0 Å². The number of methoxy groups -OCH3 is 2. The summed E-state index contributed by atoms with van der Waals surface area (Å²) in [6.07, 6.45) is 1.67. The zero-order valence-corrected chi connectivity index (χ0v) is 15.1. The molecule has 0 N–H and O–H groups in total. The standard InChI is InChI=1S/C16H15NO6S2/c1-21-13(18)8-17-15(20)12(25-16(17)24)7-10-3-5-11(6-4-10)23-9-14(19)22-2/h3-7H,8-9H2,1-2H3/b12-7-. The molecule has 1 aromatic rings. The van der Waals surface area contributed by atoms with Crippen LogP contribution in [0.25, 0.3) is 6.08 Å². The Morgan fingerprint density at radius 3 is 2.40 bits per heavy atom. The highest BCUT2D eigenvalue weighted by Crippen LogP contribution is 2.32. The number of amides is 1. The van der Waals surface area contributed by atoms with Crippen molar-refractivity contribution in [3.05, 3.63) is 34.7 Å². The molecule has 25 heavy (non-hydrogen) atoms. The molecule has 0 spiro atoms. The summed E-state index contributed by atoms with van der Waals surface area (Å²) in [6.45, 7) is -0.388. The Morgan fingerprint density at radius 2 is 1.80 bits per heavy atom. The summed E-state index contributed by atoms with van der Waals surface area (Å²) in [6, 6.07) is 6.81. The molecule has 132 valence electrons. The van der Waals surface area contributed by atoms with E-state index in [9.17, 15) is 14.4 Å². The van der Waals surface area contributed by atoms with Gasteiger partial charge in [0.1, 0.15) is 16.6 Å². The average molecular weight is 381 g/mol. The molecule has 0 atom stereocenters. The average Bonchev–Trinajstić information content (AvgIpc) is 2.88. The second kappa shape index (κ2) is 8.63. The minimum absolute atomic E-state index is 0.179. The van der Waals surface area contributed by atoms with Crippen molar-refractivity contribution in [1.82, 2.24) is 4.90 Å². The second-order valence-corrected chi connectivity index (χ2v) is 6.45. The molecule has 2 rings (SSSR count). The van der Waals surface area contributed by atoms with Crippen LogP contribution in [0, 0.1) is 0 Å². The molecule has 0 bridgehead atoms. The van der Waals surface area contributed by atoms with Crippen LogP contribution in [-0.2, 0) is 23.9 Å². The lowest BCUT2D eigenvalue weighted by Gasteiger charge is -2.11. The lowest BCUT2D eigenvalue weighted by Crippen LogP contribution is -2.33. The SMILES string of the molecule is COC(=O)COc1ccc(/C=C2\SC(=S)N(CC(=O)OC)C2=O)cc1. The van der Waals surface area contributed by atoms with E-state index < -0.39 is 11.9 Å². The van der Waals surface area contributed by atoms with Crippen LogP contribution in [0.5, 0.6) is 5.75 Å². The van der Waals surface area contributed by atoms with Crippen LogP contribution in [0.3, 0.4) is 0 Å². The maximum Gasteiger partial charge on any atom is 0.343 e. The predicted octanol–water partition coefficient (Wildman–Crippen LogP) is 1.61. The smallest absolute Gasteiger partial charge is 0.343 e. The van der Waals surface area contributed by atoms with Crippen molar-refractivity contribution in [2.45, 2.75) is 0 Å². The normalized spacial score (nSPS) is 15.4. The molecule has 0 aromatic heterocycles. The van der Waals surface area contributed by atoms with Gasteiger partial charge in [0, 0.05) is 0 Å². The van der Waals surface area contributed by atoms with Gasteiger partial charge in [0.25, 0.3) is 5.91 Å². The molecule has 1 saturated heterocycles. The molecule has 7 nitrogen and oxygen atoms in total. The summed E-state index contributed by atoms with van der Waals surface area (Å²) in [7, 11) is 2.53. The van der Waals surface area contributed by atoms with Crippen LogP contribution in [-0.4, -0.2) is 54.4 Å². The van der Waals surface area contributed by atoms with E-state index in [0.29, 0.717) is 15.0 Å². The van der Waals surface area contributed by atoms with Gasteiger partial charge in [0.15, 0.2) is 6.61 Å². The number of carbonyl (C=O) groups is 3. The molecule has 9 heteroatoms. The topological polar surface area (TPSA) is 82.1 Å². The molecule has 0 aliphatic carbocycles. The van der Waals surface area contributed by atoms with E-state index in [4.69, 9.17) is 17.0 Å². The molecule has 1 heterocycles. The number of ether oxygens (including phenoxy) is 3. The first-order chi connectivity index (χ1) is 11.9. The third-order valence-corrected chi connectivity index (χ3v) is 4.53. The van der Waals surface area contributed by atoms with E-state index in [1.165, 1.54) is 19.1 Å². The predicted molar refractivity (Wildman–Crippen MR) is 95.8 cm³/mol. The van der Waals surface area contributed by atoms with E-state index >= 15 is 0 Å². The number of benzene rings is 1. The van der Waals surface area contributed by atoms with Gasteiger partial charge in [-0.25, -0.2) is 4.79 Å². The third-order valence-electron chi connectivity index (χ3n) is 3.15. The Bertz CT molecular complexity index is 729. The Hall–Kier alpha value is -2.39. The Labute approximate surface area is 153 Å². The van der Waals surface area contributed by atoms with Gasteiger partial charge < -0.3 is 14.2 Å². The maximum absolute atomic E-state index is 12.3. The molecule has 1 aliphatic rings. The van der Waals surface area contributed by atoms with Gasteiger partial charge in [0.2, 0.25) is 0 Å². The summed E-state index contributed by atoms with van der Waals surface area (Å²) in [5, 5.41) is 0. The highest BCUT2D eigenvalue weighted by atomic mass is 32.2. The van der Waals surface area contributed by atoms with Gasteiger partial charge in [-0.15, -0.1) is 0 Å². The molecule has 1 amide bonds. The monoisotopic (exact) mass is 381 g/mol. The third kappa shape index (κ3) is 5.04. The number of thioether (sulfide) groups is 1. The zero-order valence-electron chi connectivity index (χ0n) is 13.5. The van der Waals surface area contributed by atoms with E-state index in [1.807, 2.05) is 0 Å². The molecule has 0 radical (unpaired) electrons. The van der Waals surface area contributed by atoms with Crippen molar-refractivity contribution in [3.8, 4) is 5.75 Å². The lowest BCUT2D eigenvalue weighted by atomic mass is 10.2. The highest BCUT2D eigenvalue weighted by Gasteiger charge is 2.33. The van der Waals surface area contributed by atoms with E-state index in [0.717, 1.165) is 17.3 Å². The largest absolute Gasteiger partial charge is 0.482 e. The zero-order chi connectivity index (χ0) is 18.4. The van der Waals surface area contributed by atoms with Crippen molar-refractivity contribution in [2.75, 3.05) is 27.4 Å². The first-order valence-electron chi connectivity index (χ1n) is 7.06. The number of hydrogen-bond donors (Lipinski definition) is 0. The maximum atomic E-state index is 12.3. The first kappa shape index (κ1) is 18.9. The van der Waals surface area contributed by atoms with Crippen molar-refractivity contribution < 1.29 is 28.6 Å². The van der Waals surface area contributed by atoms with Crippen LogP contribution in [0.15, 0.2) is 29.2 Å². The molecule has 1 aromatic carbocycles. The number of thiocarbonyl (C=S) groups is 1. The minimum atomic E-state index is -0.537. The van der Waals surface area contributed by atoms with Crippen molar-refractivity contribution >= 4 is 52.2 Å². The second-order valence-electron chi connectivity index (χ2n) is 4.78. The van der Waals surface area contributed by atoms with Crippen LogP contribution in [0.4, 0.5) is 0 Å². The van der Waals surface area contributed by atoms with Crippen LogP contribution in [0.2, 0.25) is 0 Å². The van der Waals surface area contributed by atoms with Crippen LogP contribution in [0.1, 0.15) is 5.56 Å². The fourth-order valence-corrected chi connectivity index (χ4v) is 3.10. The van der Waals surface area contributed by atoms with Gasteiger partial charge in [-0.2, -0.15) is 0 Å². The fourth-order valence-electron chi connectivity index (χ4n) is 1.84. The summed E-state index contributed by atoms with van der Waals surface area (Å²) >= 11 is 6.24. The Balaban J connectivity index is 2.05. The molecule has 0 saturated carbocycles. The number of rotatable bonds is 6. The lowest BCUT2D eigenvalue weighted by molar-refractivity contribution is -0.143. The summed E-state index contributed by atoms with van der Waals surface area (Å²) in [5.41, 5.74) is 0.754. The number of carbonyl (C=O) groups excluding carboxylic acids is 3. The summed E-state index contributed by atoms with van der Waals surface area (Å²) < 4.78 is 14.6. The van der Waals surface area contributed by atoms with Crippen molar-refractivity contribution in [2.24, 2.45) is 0 Å². The number of nitrogens with zero attached hydrogens (tertiary/aromatic N) is 1.